The summed E-state index contributed by atoms with van der Waals surface area (Å²) in [6.45, 7) is 9.16. The molecule has 1 aromatic carbocycles. The summed E-state index contributed by atoms with van der Waals surface area (Å²) in [5.74, 6) is -0.339. The van der Waals surface area contributed by atoms with Gasteiger partial charge in [-0.2, -0.15) is 35.9 Å². The number of allylic oxidation sites excluding steroid dienone is 1. The maximum atomic E-state index is 12.1. The van der Waals surface area contributed by atoms with E-state index >= 15 is 0 Å². The fourth-order valence-electron chi connectivity index (χ4n) is 1.76. The van der Waals surface area contributed by atoms with Crippen LogP contribution in [0.2, 0.25) is 0 Å². The molecule has 6 heteroatoms. The minimum atomic E-state index is -3.11. The van der Waals surface area contributed by atoms with Gasteiger partial charge in [-0.15, -0.1) is 17.3 Å². The minimum Gasteiger partial charge on any atom is -0.293 e. The standard InChI is InChI=1S/C12H15O2S.C7H5FN.K/c1-9(2)7-11-5-6-12(8-10(11)3)15(4,13)14;1-2-7-4-3-6(8)5-9-7;/h5-6,8H,1-4H3;3-5H,1H2;/q2*-1;+1. The van der Waals surface area contributed by atoms with Gasteiger partial charge in [0.1, 0.15) is 5.82 Å². The van der Waals surface area contributed by atoms with E-state index in [-0.39, 0.29) is 57.2 Å². The third-order valence-corrected chi connectivity index (χ3v) is 4.03. The Kier molecular flexibility index (Phi) is 10.9. The van der Waals surface area contributed by atoms with Gasteiger partial charge in [-0.25, -0.2) is 18.9 Å². The van der Waals surface area contributed by atoms with Gasteiger partial charge in [-0.3, -0.25) is 4.98 Å². The van der Waals surface area contributed by atoms with Gasteiger partial charge in [-0.05, 0) is 0 Å². The third kappa shape index (κ3) is 9.03. The Balaban J connectivity index is 0.000000495. The molecule has 0 aliphatic carbocycles. The topological polar surface area (TPSA) is 47.0 Å². The number of benzene rings is 1. The van der Waals surface area contributed by atoms with E-state index in [2.05, 4.69) is 23.7 Å². The van der Waals surface area contributed by atoms with E-state index < -0.39 is 9.84 Å². The molecule has 1 aromatic heterocycles. The molecule has 0 aliphatic rings. The van der Waals surface area contributed by atoms with Crippen LogP contribution in [-0.2, 0) is 9.84 Å². The molecule has 0 atom stereocenters. The molecule has 0 saturated heterocycles. The third-order valence-electron chi connectivity index (χ3n) is 2.92. The van der Waals surface area contributed by atoms with Gasteiger partial charge in [-0.1, -0.05) is 32.9 Å². The molecule has 2 aromatic rings. The first-order valence-corrected chi connectivity index (χ1v) is 9.05. The molecule has 0 fully saturated rings. The fraction of sp³-hybridized carbons (Fsp3) is 0.211. The van der Waals surface area contributed by atoms with Gasteiger partial charge in [0.05, 0.1) is 6.20 Å². The predicted octanol–water partition coefficient (Wildman–Crippen LogP) is 1.08. The van der Waals surface area contributed by atoms with Gasteiger partial charge < -0.3 is 0 Å². The van der Waals surface area contributed by atoms with Gasteiger partial charge in [0.2, 0.25) is 0 Å². The second-order valence-corrected chi connectivity index (χ2v) is 7.43. The number of aryl methyl sites for hydroxylation is 1. The second kappa shape index (κ2) is 11.2. The molecule has 0 unspecified atom stereocenters. The maximum absolute atomic E-state index is 12.1. The Morgan fingerprint density at radius 1 is 1.20 bits per heavy atom. The summed E-state index contributed by atoms with van der Waals surface area (Å²) in [6, 6.07) is 7.93. The maximum Gasteiger partial charge on any atom is 1.00 e. The van der Waals surface area contributed by atoms with Crippen LogP contribution in [0.15, 0.2) is 53.6 Å². The van der Waals surface area contributed by atoms with Crippen molar-refractivity contribution in [1.29, 1.82) is 0 Å². The van der Waals surface area contributed by atoms with Crippen molar-refractivity contribution in [2.75, 3.05) is 6.26 Å². The number of nitrogens with zero attached hydrogens (tertiary/aromatic N) is 1. The number of sulfone groups is 1. The molecular formula is C19H20FKNO2S-. The van der Waals surface area contributed by atoms with Gasteiger partial charge in [0.25, 0.3) is 0 Å². The van der Waals surface area contributed by atoms with Crippen molar-refractivity contribution in [2.45, 2.75) is 25.7 Å². The van der Waals surface area contributed by atoms with Crippen molar-refractivity contribution in [1.82, 2.24) is 4.98 Å². The quantitative estimate of drug-likeness (QED) is 0.588. The van der Waals surface area contributed by atoms with Crippen molar-refractivity contribution >= 4 is 9.84 Å². The normalized spacial score (nSPS) is 9.96. The first-order chi connectivity index (χ1) is 11.1. The van der Waals surface area contributed by atoms with E-state index in [1.165, 1.54) is 18.4 Å². The van der Waals surface area contributed by atoms with Gasteiger partial charge in [0.15, 0.2) is 9.84 Å². The summed E-state index contributed by atoms with van der Waals surface area (Å²) in [7, 11) is -3.11. The second-order valence-electron chi connectivity index (χ2n) is 5.41. The zero-order valence-corrected chi connectivity index (χ0v) is 19.2. The summed E-state index contributed by atoms with van der Waals surface area (Å²) in [4.78, 5) is 4.01. The Hall–Kier alpha value is -0.634. The van der Waals surface area contributed by atoms with Crippen LogP contribution in [0, 0.1) is 24.9 Å². The van der Waals surface area contributed by atoms with E-state index in [9.17, 15) is 12.8 Å². The summed E-state index contributed by atoms with van der Waals surface area (Å²) in [5, 5.41) is 0. The molecule has 0 amide bonds. The van der Waals surface area contributed by atoms with Gasteiger partial charge >= 0.3 is 51.4 Å². The van der Waals surface area contributed by atoms with Crippen LogP contribution in [0.25, 0.3) is 0 Å². The van der Waals surface area contributed by atoms with E-state index in [1.54, 1.807) is 18.2 Å². The van der Waals surface area contributed by atoms with Crippen molar-refractivity contribution in [2.24, 2.45) is 0 Å². The van der Waals surface area contributed by atoms with Crippen molar-refractivity contribution in [3.63, 3.8) is 0 Å². The SMILES string of the molecule is C=[C-]c1ccc(F)cn1.CC(C)=[C-]c1ccc(S(C)(=O)=O)cc1C.[K+]. The van der Waals surface area contributed by atoms with Gasteiger partial charge in [0, 0.05) is 11.2 Å². The number of halogens is 1. The van der Waals surface area contributed by atoms with E-state index in [0.29, 0.717) is 10.6 Å². The molecule has 0 saturated carbocycles. The Labute approximate surface area is 192 Å². The number of pyridine rings is 1. The molecule has 3 nitrogen and oxygen atoms in total. The molecule has 0 N–H and O–H groups in total. The average Bonchev–Trinajstić information content (AvgIpc) is 2.49. The Morgan fingerprint density at radius 3 is 2.24 bits per heavy atom. The average molecular weight is 385 g/mol. The Bertz CT molecular complexity index is 840. The van der Waals surface area contributed by atoms with E-state index in [4.69, 9.17) is 0 Å². The number of hydrogen-bond donors (Lipinski definition) is 0. The molecule has 0 aliphatic heterocycles. The molecule has 1 heterocycles. The van der Waals surface area contributed by atoms with E-state index in [1.807, 2.05) is 20.8 Å². The fourth-order valence-corrected chi connectivity index (χ4v) is 2.46. The van der Waals surface area contributed by atoms with Crippen LogP contribution in [0.3, 0.4) is 0 Å². The summed E-state index contributed by atoms with van der Waals surface area (Å²) in [6.07, 6.45) is 8.05. The van der Waals surface area contributed by atoms with Crippen LogP contribution >= 0.6 is 0 Å². The van der Waals surface area contributed by atoms with Crippen molar-refractivity contribution in [3.8, 4) is 0 Å². The smallest absolute Gasteiger partial charge is 0.293 e. The zero-order chi connectivity index (χ0) is 18.3. The van der Waals surface area contributed by atoms with Crippen LogP contribution in [-0.4, -0.2) is 19.7 Å². The summed E-state index contributed by atoms with van der Waals surface area (Å²) in [5.41, 5.74) is 3.52. The number of rotatable bonds is 3. The zero-order valence-electron chi connectivity index (χ0n) is 15.2. The van der Waals surface area contributed by atoms with Crippen molar-refractivity contribution < 1.29 is 64.2 Å². The monoisotopic (exact) mass is 384 g/mol. The van der Waals surface area contributed by atoms with Crippen LogP contribution in [0.4, 0.5) is 4.39 Å². The first-order valence-electron chi connectivity index (χ1n) is 7.16. The van der Waals surface area contributed by atoms with Crippen molar-refractivity contribution in [3.05, 3.63) is 83.5 Å². The Morgan fingerprint density at radius 2 is 1.84 bits per heavy atom. The minimum absolute atomic E-state index is 0. The molecule has 128 valence electrons. The molecule has 2 rings (SSSR count). The molecule has 0 bridgehead atoms. The molecule has 0 radical (unpaired) electrons. The molecule has 25 heavy (non-hydrogen) atoms. The molecular weight excluding hydrogens is 364 g/mol. The van der Waals surface area contributed by atoms with Crippen LogP contribution in [0.5, 0.6) is 0 Å². The van der Waals surface area contributed by atoms with Crippen LogP contribution < -0.4 is 51.4 Å². The predicted molar refractivity (Wildman–Crippen MR) is 93.7 cm³/mol. The summed E-state index contributed by atoms with van der Waals surface area (Å²) < 4.78 is 34.7. The molecule has 0 spiro atoms. The number of hydrogen-bond acceptors (Lipinski definition) is 3. The summed E-state index contributed by atoms with van der Waals surface area (Å²) >= 11 is 0. The first kappa shape index (κ1) is 24.4. The number of aromatic nitrogens is 1. The largest absolute Gasteiger partial charge is 1.00 e. The van der Waals surface area contributed by atoms with Crippen LogP contribution in [0.1, 0.15) is 30.7 Å². The van der Waals surface area contributed by atoms with E-state index in [0.717, 1.165) is 22.9 Å².